The molecule has 0 aliphatic heterocycles. The quantitative estimate of drug-likeness (QED) is 0.689. The van der Waals surface area contributed by atoms with Crippen LogP contribution in [0.3, 0.4) is 0 Å². The molecular formula is C9H11ClOS. The molecule has 1 unspecified atom stereocenters. The molecule has 1 nitrogen and oxygen atoms in total. The Labute approximate surface area is 79.7 Å². The van der Waals surface area contributed by atoms with Crippen molar-refractivity contribution in [2.24, 2.45) is 0 Å². The summed E-state index contributed by atoms with van der Waals surface area (Å²) in [4.78, 5) is 0.677. The second kappa shape index (κ2) is 4.63. The van der Waals surface area contributed by atoms with Crippen molar-refractivity contribution in [1.29, 1.82) is 0 Å². The Kier molecular flexibility index (Phi) is 3.76. The summed E-state index contributed by atoms with van der Waals surface area (Å²) in [5, 5.41) is 0. The van der Waals surface area contributed by atoms with Crippen molar-refractivity contribution in [2.45, 2.75) is 24.7 Å². The molecule has 0 spiro atoms. The van der Waals surface area contributed by atoms with Crippen LogP contribution in [0.15, 0.2) is 29.2 Å². The molecule has 1 aromatic carbocycles. The standard InChI is InChI=1S/C9H11ClOS/c1-2-3-8-4-6-9(7-5-8)12(10)11/h4-7H,2-3H2,1H3. The molecule has 0 amide bonds. The van der Waals surface area contributed by atoms with Crippen LogP contribution in [0, 0.1) is 0 Å². The lowest BCUT2D eigenvalue weighted by Gasteiger charge is -1.98. The van der Waals surface area contributed by atoms with Gasteiger partial charge in [0, 0.05) is 0 Å². The fourth-order valence-electron chi connectivity index (χ4n) is 1.05. The lowest BCUT2D eigenvalue weighted by molar-refractivity contribution is 0.691. The Bertz CT molecular complexity index is 268. The van der Waals surface area contributed by atoms with Gasteiger partial charge in [-0.1, -0.05) is 25.5 Å². The van der Waals surface area contributed by atoms with Crippen molar-refractivity contribution in [3.05, 3.63) is 29.8 Å². The van der Waals surface area contributed by atoms with Crippen molar-refractivity contribution in [3.8, 4) is 0 Å². The van der Waals surface area contributed by atoms with E-state index >= 15 is 0 Å². The summed E-state index contributed by atoms with van der Waals surface area (Å²) in [6.07, 6.45) is 2.19. The maximum absolute atomic E-state index is 10.8. The third-order valence-electron chi connectivity index (χ3n) is 1.65. The molecule has 0 aromatic heterocycles. The van der Waals surface area contributed by atoms with Gasteiger partial charge in [0.25, 0.3) is 0 Å². The molecule has 1 aromatic rings. The van der Waals surface area contributed by atoms with E-state index in [0.29, 0.717) is 4.90 Å². The Morgan fingerprint density at radius 2 is 1.92 bits per heavy atom. The minimum atomic E-state index is -1.37. The van der Waals surface area contributed by atoms with Crippen LogP contribution < -0.4 is 0 Å². The van der Waals surface area contributed by atoms with Gasteiger partial charge in [-0.05, 0) is 34.8 Å². The van der Waals surface area contributed by atoms with Crippen LogP contribution in [0.1, 0.15) is 18.9 Å². The van der Waals surface area contributed by atoms with E-state index in [-0.39, 0.29) is 0 Å². The molecule has 0 radical (unpaired) electrons. The van der Waals surface area contributed by atoms with E-state index in [1.165, 1.54) is 5.56 Å². The van der Waals surface area contributed by atoms with E-state index in [2.05, 4.69) is 6.92 Å². The summed E-state index contributed by atoms with van der Waals surface area (Å²) in [6, 6.07) is 7.57. The number of halogens is 1. The topological polar surface area (TPSA) is 17.1 Å². The first-order valence-corrected chi connectivity index (χ1v) is 5.88. The summed E-state index contributed by atoms with van der Waals surface area (Å²) in [7, 11) is 4.04. The highest BCUT2D eigenvalue weighted by Gasteiger charge is 1.98. The van der Waals surface area contributed by atoms with Crippen molar-refractivity contribution >= 4 is 20.7 Å². The molecule has 66 valence electrons. The van der Waals surface area contributed by atoms with E-state index in [1.807, 2.05) is 24.3 Å². The average Bonchev–Trinajstić information content (AvgIpc) is 2.06. The molecule has 12 heavy (non-hydrogen) atoms. The predicted octanol–water partition coefficient (Wildman–Crippen LogP) is 2.90. The lowest BCUT2D eigenvalue weighted by atomic mass is 10.1. The van der Waals surface area contributed by atoms with Gasteiger partial charge in [-0.2, -0.15) is 0 Å². The van der Waals surface area contributed by atoms with Crippen molar-refractivity contribution < 1.29 is 4.21 Å². The smallest absolute Gasteiger partial charge is 0.147 e. The molecule has 0 saturated carbocycles. The van der Waals surface area contributed by atoms with Crippen molar-refractivity contribution in [3.63, 3.8) is 0 Å². The zero-order valence-electron chi connectivity index (χ0n) is 6.92. The molecule has 1 atom stereocenters. The average molecular weight is 203 g/mol. The van der Waals surface area contributed by atoms with Gasteiger partial charge in [0.15, 0.2) is 0 Å². The highest BCUT2D eigenvalue weighted by atomic mass is 35.7. The van der Waals surface area contributed by atoms with Gasteiger partial charge in [0.2, 0.25) is 0 Å². The Hall–Kier alpha value is -0.340. The molecule has 3 heteroatoms. The number of rotatable bonds is 3. The van der Waals surface area contributed by atoms with Crippen LogP contribution in [0.5, 0.6) is 0 Å². The molecule has 0 saturated heterocycles. The predicted molar refractivity (Wildman–Crippen MR) is 52.7 cm³/mol. The number of benzene rings is 1. The van der Waals surface area contributed by atoms with E-state index in [9.17, 15) is 4.21 Å². The van der Waals surface area contributed by atoms with Crippen LogP contribution in [-0.2, 0) is 16.4 Å². The van der Waals surface area contributed by atoms with Crippen molar-refractivity contribution in [1.82, 2.24) is 0 Å². The molecule has 0 aliphatic rings. The lowest BCUT2D eigenvalue weighted by Crippen LogP contribution is -1.85. The van der Waals surface area contributed by atoms with Gasteiger partial charge in [-0.3, -0.25) is 0 Å². The minimum absolute atomic E-state index is 0.677. The molecule has 0 fully saturated rings. The van der Waals surface area contributed by atoms with Crippen LogP contribution in [0.25, 0.3) is 0 Å². The molecule has 1 rings (SSSR count). The summed E-state index contributed by atoms with van der Waals surface area (Å²) in [6.45, 7) is 2.13. The number of aryl methyl sites for hydroxylation is 1. The first kappa shape index (κ1) is 9.75. The summed E-state index contributed by atoms with van der Waals surface area (Å²) in [5.74, 6) is 0. The van der Waals surface area contributed by atoms with Gasteiger partial charge >= 0.3 is 0 Å². The van der Waals surface area contributed by atoms with E-state index in [1.54, 1.807) is 0 Å². The third-order valence-corrected chi connectivity index (χ3v) is 2.82. The maximum atomic E-state index is 10.8. The number of hydrogen-bond acceptors (Lipinski definition) is 1. The molecule has 0 heterocycles. The second-order valence-corrected chi connectivity index (χ2v) is 4.38. The Balaban J connectivity index is 2.78. The number of hydrogen-bond donors (Lipinski definition) is 0. The van der Waals surface area contributed by atoms with E-state index < -0.39 is 10.0 Å². The highest BCUT2D eigenvalue weighted by molar-refractivity contribution is 8.08. The SMILES string of the molecule is CCCc1ccc(S(=O)Cl)cc1. The van der Waals surface area contributed by atoms with Crippen LogP contribution in [0.4, 0.5) is 0 Å². The zero-order valence-corrected chi connectivity index (χ0v) is 8.49. The molecule has 0 bridgehead atoms. The van der Waals surface area contributed by atoms with Gasteiger partial charge in [-0.25, -0.2) is 4.21 Å². The minimum Gasteiger partial charge on any atom is -0.237 e. The normalized spacial score (nSPS) is 12.8. The highest BCUT2D eigenvalue weighted by Crippen LogP contribution is 2.12. The largest absolute Gasteiger partial charge is 0.237 e. The first-order chi connectivity index (χ1) is 5.74. The van der Waals surface area contributed by atoms with E-state index in [4.69, 9.17) is 10.7 Å². The summed E-state index contributed by atoms with van der Waals surface area (Å²) < 4.78 is 10.8. The molecule has 0 aliphatic carbocycles. The molecule has 0 N–H and O–H groups in total. The molecular weight excluding hydrogens is 192 g/mol. The monoisotopic (exact) mass is 202 g/mol. The van der Waals surface area contributed by atoms with Gasteiger partial charge in [0.1, 0.15) is 10.0 Å². The maximum Gasteiger partial charge on any atom is 0.147 e. The van der Waals surface area contributed by atoms with Crippen molar-refractivity contribution in [2.75, 3.05) is 0 Å². The fraction of sp³-hybridized carbons (Fsp3) is 0.333. The van der Waals surface area contributed by atoms with Crippen LogP contribution in [0.2, 0.25) is 0 Å². The van der Waals surface area contributed by atoms with Crippen LogP contribution in [-0.4, -0.2) is 4.21 Å². The second-order valence-electron chi connectivity index (χ2n) is 2.62. The van der Waals surface area contributed by atoms with Gasteiger partial charge in [-0.15, -0.1) is 0 Å². The van der Waals surface area contributed by atoms with Crippen LogP contribution >= 0.6 is 10.7 Å². The fourth-order valence-corrected chi connectivity index (χ4v) is 1.71. The van der Waals surface area contributed by atoms with E-state index in [0.717, 1.165) is 12.8 Å². The Morgan fingerprint density at radius 3 is 2.33 bits per heavy atom. The Morgan fingerprint density at radius 1 is 1.33 bits per heavy atom. The first-order valence-electron chi connectivity index (χ1n) is 3.91. The third kappa shape index (κ3) is 2.61. The van der Waals surface area contributed by atoms with Gasteiger partial charge in [0.05, 0.1) is 4.90 Å². The van der Waals surface area contributed by atoms with Gasteiger partial charge < -0.3 is 0 Å². The summed E-state index contributed by atoms with van der Waals surface area (Å²) in [5.41, 5.74) is 1.27. The zero-order chi connectivity index (χ0) is 8.97. The summed E-state index contributed by atoms with van der Waals surface area (Å²) >= 11 is 0.